The highest BCUT2D eigenvalue weighted by Crippen LogP contribution is 2.35. The number of nitrogens with zero attached hydrogens (tertiary/aromatic N) is 3. The van der Waals surface area contributed by atoms with E-state index in [1.54, 1.807) is 0 Å². The number of aliphatic hydroxyl groups is 2. The van der Waals surface area contributed by atoms with Crippen molar-refractivity contribution in [2.75, 3.05) is 6.54 Å². The number of aryl methyl sites for hydroxylation is 1. The van der Waals surface area contributed by atoms with Gasteiger partial charge in [0.2, 0.25) is 0 Å². The highest BCUT2D eigenvalue weighted by Gasteiger charge is 2.22. The first-order valence-corrected chi connectivity index (χ1v) is 6.31. The Kier molecular flexibility index (Phi) is 3.84. The maximum atomic E-state index is 10.1. The molecule has 1 aromatic carbocycles. The minimum Gasteiger partial charge on any atom is -0.390 e. The Morgan fingerprint density at radius 1 is 1.39 bits per heavy atom. The van der Waals surface area contributed by atoms with Gasteiger partial charge in [-0.3, -0.25) is 0 Å². The van der Waals surface area contributed by atoms with E-state index in [9.17, 15) is 10.2 Å². The number of azide groups is 1. The van der Waals surface area contributed by atoms with Gasteiger partial charge in [0, 0.05) is 14.5 Å². The van der Waals surface area contributed by atoms with Gasteiger partial charge in [-0.1, -0.05) is 23.3 Å². The molecule has 0 fully saturated rings. The van der Waals surface area contributed by atoms with E-state index in [-0.39, 0.29) is 6.54 Å². The topological polar surface area (TPSA) is 89.2 Å². The zero-order valence-corrected chi connectivity index (χ0v) is 10.6. The minimum atomic E-state index is -1.08. The van der Waals surface area contributed by atoms with Crippen molar-refractivity contribution in [3.8, 4) is 0 Å². The maximum absolute atomic E-state index is 10.1. The number of thiophene rings is 1. The van der Waals surface area contributed by atoms with Gasteiger partial charge in [0.15, 0.2) is 0 Å². The van der Waals surface area contributed by atoms with Gasteiger partial charge in [0.1, 0.15) is 6.10 Å². The van der Waals surface area contributed by atoms with E-state index in [4.69, 9.17) is 5.53 Å². The zero-order chi connectivity index (χ0) is 13.1. The van der Waals surface area contributed by atoms with Gasteiger partial charge in [-0.15, -0.1) is 11.3 Å². The fraction of sp³-hybridized carbons (Fsp3) is 0.333. The van der Waals surface area contributed by atoms with Crippen LogP contribution in [0.3, 0.4) is 0 Å². The molecule has 2 atom stereocenters. The third-order valence-electron chi connectivity index (χ3n) is 2.85. The largest absolute Gasteiger partial charge is 0.390 e. The molecular weight excluding hydrogens is 250 g/mol. The van der Waals surface area contributed by atoms with Crippen LogP contribution in [0.1, 0.15) is 16.5 Å². The van der Waals surface area contributed by atoms with E-state index < -0.39 is 12.2 Å². The van der Waals surface area contributed by atoms with Crippen LogP contribution in [0.25, 0.3) is 20.5 Å². The van der Waals surface area contributed by atoms with Crippen LogP contribution in [0.2, 0.25) is 0 Å². The van der Waals surface area contributed by atoms with Crippen LogP contribution in [0.5, 0.6) is 0 Å². The lowest BCUT2D eigenvalue weighted by Gasteiger charge is -2.15. The third kappa shape index (κ3) is 2.32. The van der Waals surface area contributed by atoms with Gasteiger partial charge in [-0.2, -0.15) is 0 Å². The molecule has 18 heavy (non-hydrogen) atoms. The molecule has 0 aliphatic carbocycles. The summed E-state index contributed by atoms with van der Waals surface area (Å²) in [6.45, 7) is 1.78. The standard InChI is InChI=1S/C12H13N3O2S/c1-7-8-4-2-3-5-10(8)18-12(7)11(17)9(16)6-14-15-13/h2-5,9,11,16-17H,6H2,1H3. The van der Waals surface area contributed by atoms with Crippen molar-refractivity contribution < 1.29 is 10.2 Å². The molecule has 0 spiro atoms. The summed E-state index contributed by atoms with van der Waals surface area (Å²) in [4.78, 5) is 3.29. The average molecular weight is 263 g/mol. The minimum absolute atomic E-state index is 0.134. The van der Waals surface area contributed by atoms with Crippen molar-refractivity contribution in [2.45, 2.75) is 19.1 Å². The Labute approximate surface area is 108 Å². The first kappa shape index (κ1) is 12.9. The van der Waals surface area contributed by atoms with Crippen LogP contribution in [-0.2, 0) is 0 Å². The van der Waals surface area contributed by atoms with Crippen molar-refractivity contribution in [3.05, 3.63) is 45.1 Å². The molecule has 2 rings (SSSR count). The van der Waals surface area contributed by atoms with Gasteiger partial charge >= 0.3 is 0 Å². The van der Waals surface area contributed by atoms with E-state index in [2.05, 4.69) is 10.0 Å². The van der Waals surface area contributed by atoms with Crippen LogP contribution < -0.4 is 0 Å². The molecule has 0 aliphatic heterocycles. The molecule has 2 N–H and O–H groups in total. The summed E-state index contributed by atoms with van der Waals surface area (Å²) in [5.41, 5.74) is 9.17. The Morgan fingerprint density at radius 3 is 2.78 bits per heavy atom. The molecule has 0 saturated heterocycles. The summed E-state index contributed by atoms with van der Waals surface area (Å²) in [6, 6.07) is 7.83. The number of hydrogen-bond acceptors (Lipinski definition) is 4. The van der Waals surface area contributed by atoms with Crippen LogP contribution in [0.15, 0.2) is 29.4 Å². The first-order chi connectivity index (χ1) is 8.65. The maximum Gasteiger partial charge on any atom is 0.114 e. The van der Waals surface area contributed by atoms with E-state index in [0.717, 1.165) is 20.5 Å². The molecule has 0 saturated carbocycles. The van der Waals surface area contributed by atoms with E-state index in [0.29, 0.717) is 0 Å². The van der Waals surface area contributed by atoms with E-state index in [1.807, 2.05) is 31.2 Å². The fourth-order valence-electron chi connectivity index (χ4n) is 1.87. The lowest BCUT2D eigenvalue weighted by Crippen LogP contribution is -2.20. The molecule has 2 aromatic rings. The highest BCUT2D eigenvalue weighted by molar-refractivity contribution is 7.19. The number of rotatable bonds is 4. The molecule has 0 amide bonds. The Balaban J connectivity index is 2.35. The second-order valence-corrected chi connectivity index (χ2v) is 5.10. The molecular formula is C12H13N3O2S. The van der Waals surface area contributed by atoms with Crippen molar-refractivity contribution >= 4 is 21.4 Å². The smallest absolute Gasteiger partial charge is 0.114 e. The summed E-state index contributed by atoms with van der Waals surface area (Å²) in [5.74, 6) is 0. The number of benzene rings is 1. The Morgan fingerprint density at radius 2 is 2.11 bits per heavy atom. The van der Waals surface area contributed by atoms with E-state index in [1.165, 1.54) is 11.3 Å². The zero-order valence-electron chi connectivity index (χ0n) is 9.82. The Hall–Kier alpha value is -1.59. The summed E-state index contributed by atoms with van der Waals surface area (Å²) >= 11 is 1.45. The molecule has 1 aromatic heterocycles. The predicted octanol–water partition coefficient (Wildman–Crippen LogP) is 2.91. The summed E-state index contributed by atoms with van der Waals surface area (Å²) < 4.78 is 1.07. The van der Waals surface area contributed by atoms with Crippen molar-refractivity contribution in [2.24, 2.45) is 5.11 Å². The van der Waals surface area contributed by atoms with Crippen LogP contribution in [0, 0.1) is 6.92 Å². The van der Waals surface area contributed by atoms with Crippen molar-refractivity contribution in [3.63, 3.8) is 0 Å². The van der Waals surface area contributed by atoms with Gasteiger partial charge in [0.25, 0.3) is 0 Å². The number of aliphatic hydroxyl groups excluding tert-OH is 2. The average Bonchev–Trinajstić information content (AvgIpc) is 2.73. The summed E-state index contributed by atoms with van der Waals surface area (Å²) in [5, 5.41) is 24.2. The summed E-state index contributed by atoms with van der Waals surface area (Å²) in [7, 11) is 0. The number of fused-ring (bicyclic) bond motifs is 1. The van der Waals surface area contributed by atoms with Gasteiger partial charge in [-0.25, -0.2) is 0 Å². The number of hydrogen-bond donors (Lipinski definition) is 2. The molecule has 2 unspecified atom stereocenters. The van der Waals surface area contributed by atoms with Crippen molar-refractivity contribution in [1.82, 2.24) is 0 Å². The second-order valence-electron chi connectivity index (χ2n) is 4.01. The molecule has 0 radical (unpaired) electrons. The highest BCUT2D eigenvalue weighted by atomic mass is 32.1. The molecule has 94 valence electrons. The lowest BCUT2D eigenvalue weighted by molar-refractivity contribution is 0.0263. The van der Waals surface area contributed by atoms with Gasteiger partial charge in [-0.05, 0) is 29.5 Å². The summed E-state index contributed by atoms with van der Waals surface area (Å²) in [6.07, 6.45) is -2.10. The second kappa shape index (κ2) is 5.37. The normalized spacial score (nSPS) is 14.2. The molecule has 5 nitrogen and oxygen atoms in total. The quantitative estimate of drug-likeness (QED) is 0.504. The van der Waals surface area contributed by atoms with Gasteiger partial charge in [0.05, 0.1) is 12.6 Å². The van der Waals surface area contributed by atoms with E-state index >= 15 is 0 Å². The molecule has 0 bridgehead atoms. The van der Waals surface area contributed by atoms with Gasteiger partial charge < -0.3 is 10.2 Å². The van der Waals surface area contributed by atoms with Crippen LogP contribution in [0.4, 0.5) is 0 Å². The van der Waals surface area contributed by atoms with Crippen LogP contribution in [-0.4, -0.2) is 22.9 Å². The predicted molar refractivity (Wildman–Crippen MR) is 71.5 cm³/mol. The molecule has 1 heterocycles. The lowest BCUT2D eigenvalue weighted by atomic mass is 10.1. The monoisotopic (exact) mass is 263 g/mol. The molecule has 6 heteroatoms. The SMILES string of the molecule is Cc1c(C(O)C(O)CN=[N+]=[N-])sc2ccccc12. The van der Waals surface area contributed by atoms with Crippen LogP contribution >= 0.6 is 11.3 Å². The first-order valence-electron chi connectivity index (χ1n) is 5.50. The Bertz CT molecular complexity index is 604. The molecule has 0 aliphatic rings. The third-order valence-corrected chi connectivity index (χ3v) is 4.19. The van der Waals surface area contributed by atoms with Crippen molar-refractivity contribution in [1.29, 1.82) is 0 Å². The fourth-order valence-corrected chi connectivity index (χ4v) is 3.13.